The van der Waals surface area contributed by atoms with Crippen LogP contribution in [0.4, 0.5) is 11.4 Å². The van der Waals surface area contributed by atoms with E-state index in [1.54, 1.807) is 0 Å². The molecule has 2 aromatic rings. The predicted molar refractivity (Wildman–Crippen MR) is 111 cm³/mol. The molecular formula is C20H29N5OS. The average Bonchev–Trinajstić information content (AvgIpc) is 3.35. The number of aromatic amines is 1. The van der Waals surface area contributed by atoms with Gasteiger partial charge in [0.1, 0.15) is 5.82 Å². The van der Waals surface area contributed by atoms with Crippen LogP contribution in [0, 0.1) is 5.92 Å². The van der Waals surface area contributed by atoms with Gasteiger partial charge in [0.25, 0.3) is 0 Å². The maximum Gasteiger partial charge on any atom is 0.234 e. The fourth-order valence-electron chi connectivity index (χ4n) is 3.59. The average molecular weight is 388 g/mol. The molecule has 1 aliphatic carbocycles. The van der Waals surface area contributed by atoms with Gasteiger partial charge in [-0.25, -0.2) is 4.98 Å². The van der Waals surface area contributed by atoms with Crippen molar-refractivity contribution >= 4 is 29.0 Å². The highest BCUT2D eigenvalue weighted by Crippen LogP contribution is 2.27. The molecule has 0 spiro atoms. The van der Waals surface area contributed by atoms with Crippen LogP contribution in [0.2, 0.25) is 0 Å². The number of hydrogen-bond acceptors (Lipinski definition) is 5. The van der Waals surface area contributed by atoms with Gasteiger partial charge in [0.2, 0.25) is 11.1 Å². The summed E-state index contributed by atoms with van der Waals surface area (Å²) >= 11 is 1.37. The Balaban J connectivity index is 1.44. The Morgan fingerprint density at radius 2 is 1.93 bits per heavy atom. The molecule has 0 aliphatic heterocycles. The molecule has 1 aliphatic rings. The Morgan fingerprint density at radius 1 is 1.22 bits per heavy atom. The number of benzene rings is 1. The Bertz CT molecular complexity index is 720. The lowest BCUT2D eigenvalue weighted by Crippen LogP contribution is -2.21. The number of anilines is 2. The Morgan fingerprint density at radius 3 is 2.59 bits per heavy atom. The van der Waals surface area contributed by atoms with Crippen molar-refractivity contribution in [1.29, 1.82) is 0 Å². The fourth-order valence-corrected chi connectivity index (χ4v) is 4.21. The summed E-state index contributed by atoms with van der Waals surface area (Å²) in [5, 5.41) is 10.8. The third-order valence-corrected chi connectivity index (χ3v) is 5.93. The van der Waals surface area contributed by atoms with Gasteiger partial charge in [0.15, 0.2) is 0 Å². The number of rotatable bonds is 9. The fraction of sp³-hybridized carbons (Fsp3) is 0.550. The minimum atomic E-state index is -0.0438. The lowest BCUT2D eigenvalue weighted by atomic mass is 10.0. The summed E-state index contributed by atoms with van der Waals surface area (Å²) in [5.41, 5.74) is 1.98. The van der Waals surface area contributed by atoms with Gasteiger partial charge in [-0.15, -0.1) is 5.10 Å². The number of aromatic nitrogens is 3. The van der Waals surface area contributed by atoms with Crippen LogP contribution in [0.1, 0.15) is 45.4 Å². The SMILES string of the molecule is CCN(CC)c1ccc(NC(=O)CSc2n[nH]c(CC3CCCC3)n2)cc1. The quantitative estimate of drug-likeness (QED) is 0.633. The van der Waals surface area contributed by atoms with Crippen molar-refractivity contribution in [2.75, 3.05) is 29.1 Å². The van der Waals surface area contributed by atoms with E-state index in [0.717, 1.165) is 36.9 Å². The molecule has 0 unspecified atom stereocenters. The largest absolute Gasteiger partial charge is 0.372 e. The third kappa shape index (κ3) is 5.73. The molecular weight excluding hydrogens is 358 g/mol. The molecule has 1 saturated carbocycles. The zero-order valence-electron chi connectivity index (χ0n) is 16.2. The molecule has 2 N–H and O–H groups in total. The van der Waals surface area contributed by atoms with Gasteiger partial charge >= 0.3 is 0 Å². The Kier molecular flexibility index (Phi) is 7.15. The zero-order valence-corrected chi connectivity index (χ0v) is 17.0. The zero-order chi connectivity index (χ0) is 19.1. The van der Waals surface area contributed by atoms with E-state index in [1.165, 1.54) is 43.1 Å². The molecule has 1 aromatic carbocycles. The van der Waals surface area contributed by atoms with E-state index >= 15 is 0 Å². The number of hydrogen-bond donors (Lipinski definition) is 2. The molecule has 27 heavy (non-hydrogen) atoms. The van der Waals surface area contributed by atoms with E-state index in [9.17, 15) is 4.79 Å². The smallest absolute Gasteiger partial charge is 0.234 e. The van der Waals surface area contributed by atoms with E-state index in [4.69, 9.17) is 0 Å². The van der Waals surface area contributed by atoms with Crippen LogP contribution < -0.4 is 10.2 Å². The maximum absolute atomic E-state index is 12.2. The highest BCUT2D eigenvalue weighted by atomic mass is 32.2. The first-order valence-corrected chi connectivity index (χ1v) is 10.9. The van der Waals surface area contributed by atoms with Crippen LogP contribution in [0.3, 0.4) is 0 Å². The number of thioether (sulfide) groups is 1. The molecule has 0 bridgehead atoms. The lowest BCUT2D eigenvalue weighted by molar-refractivity contribution is -0.113. The van der Waals surface area contributed by atoms with Gasteiger partial charge in [-0.05, 0) is 44.0 Å². The molecule has 1 heterocycles. The second-order valence-electron chi connectivity index (χ2n) is 6.98. The minimum absolute atomic E-state index is 0.0438. The summed E-state index contributed by atoms with van der Waals surface area (Å²) in [4.78, 5) is 19.0. The van der Waals surface area contributed by atoms with Gasteiger partial charge in [0.05, 0.1) is 5.75 Å². The highest BCUT2D eigenvalue weighted by molar-refractivity contribution is 7.99. The standard InChI is InChI=1S/C20H29N5OS/c1-3-25(4-2)17-11-9-16(10-12-17)21-19(26)14-27-20-22-18(23-24-20)13-15-7-5-6-8-15/h9-12,15H,3-8,13-14H2,1-2H3,(H,21,26)(H,22,23,24). The number of carbonyl (C=O) groups excluding carboxylic acids is 1. The van der Waals surface area contributed by atoms with Crippen molar-refractivity contribution in [3.8, 4) is 0 Å². The van der Waals surface area contributed by atoms with E-state index < -0.39 is 0 Å². The summed E-state index contributed by atoms with van der Waals surface area (Å²) in [6.07, 6.45) is 6.21. The van der Waals surface area contributed by atoms with Crippen LogP contribution in [0.15, 0.2) is 29.4 Å². The summed E-state index contributed by atoms with van der Waals surface area (Å²) < 4.78 is 0. The third-order valence-electron chi connectivity index (χ3n) is 5.08. The van der Waals surface area contributed by atoms with Gasteiger partial charge < -0.3 is 10.2 Å². The molecule has 3 rings (SSSR count). The number of carbonyl (C=O) groups is 1. The van der Waals surface area contributed by atoms with Gasteiger partial charge in [-0.2, -0.15) is 0 Å². The van der Waals surface area contributed by atoms with Gasteiger partial charge in [0, 0.05) is 30.9 Å². The summed E-state index contributed by atoms with van der Waals surface area (Å²) in [6.45, 7) is 6.22. The van der Waals surface area contributed by atoms with Crippen molar-refractivity contribution in [1.82, 2.24) is 15.2 Å². The normalized spacial score (nSPS) is 14.4. The molecule has 6 nitrogen and oxygen atoms in total. The van der Waals surface area contributed by atoms with Crippen molar-refractivity contribution in [3.63, 3.8) is 0 Å². The second kappa shape index (κ2) is 9.78. The Labute approximate surface area is 165 Å². The van der Waals surface area contributed by atoms with Crippen LogP contribution >= 0.6 is 11.8 Å². The molecule has 7 heteroatoms. The summed E-state index contributed by atoms with van der Waals surface area (Å²) in [7, 11) is 0. The van der Waals surface area contributed by atoms with Crippen LogP contribution in [-0.2, 0) is 11.2 Å². The van der Waals surface area contributed by atoms with Crippen LogP contribution in [0.5, 0.6) is 0 Å². The van der Waals surface area contributed by atoms with E-state index in [1.807, 2.05) is 24.3 Å². The number of nitrogens with one attached hydrogen (secondary N) is 2. The first-order chi connectivity index (χ1) is 13.2. The number of amides is 1. The number of H-pyrrole nitrogens is 1. The molecule has 1 aromatic heterocycles. The van der Waals surface area contributed by atoms with Crippen LogP contribution in [-0.4, -0.2) is 39.9 Å². The predicted octanol–water partition coefficient (Wildman–Crippen LogP) is 4.11. The maximum atomic E-state index is 12.2. The monoisotopic (exact) mass is 387 g/mol. The number of nitrogens with zero attached hydrogens (tertiary/aromatic N) is 3. The first-order valence-electron chi connectivity index (χ1n) is 9.86. The van der Waals surface area contributed by atoms with E-state index in [0.29, 0.717) is 10.9 Å². The molecule has 0 radical (unpaired) electrons. The second-order valence-corrected chi connectivity index (χ2v) is 7.92. The minimum Gasteiger partial charge on any atom is -0.372 e. The van der Waals surface area contributed by atoms with Crippen LogP contribution in [0.25, 0.3) is 0 Å². The Hall–Kier alpha value is -2.02. The van der Waals surface area contributed by atoms with Crippen molar-refractivity contribution in [2.24, 2.45) is 5.92 Å². The topological polar surface area (TPSA) is 73.9 Å². The van der Waals surface area contributed by atoms with Gasteiger partial charge in [-0.1, -0.05) is 37.4 Å². The van der Waals surface area contributed by atoms with E-state index in [-0.39, 0.29) is 5.91 Å². The molecule has 1 fully saturated rings. The summed E-state index contributed by atoms with van der Waals surface area (Å²) in [5.74, 6) is 1.94. The molecule has 0 saturated heterocycles. The first kappa shape index (κ1) is 19.7. The summed E-state index contributed by atoms with van der Waals surface area (Å²) in [6, 6.07) is 7.98. The van der Waals surface area contributed by atoms with Crippen molar-refractivity contribution in [3.05, 3.63) is 30.1 Å². The molecule has 146 valence electrons. The lowest BCUT2D eigenvalue weighted by Gasteiger charge is -2.21. The van der Waals surface area contributed by atoms with Crippen molar-refractivity contribution in [2.45, 2.75) is 51.1 Å². The van der Waals surface area contributed by atoms with E-state index in [2.05, 4.69) is 39.2 Å². The highest BCUT2D eigenvalue weighted by Gasteiger charge is 2.17. The molecule has 1 amide bonds. The van der Waals surface area contributed by atoms with Gasteiger partial charge in [-0.3, -0.25) is 9.89 Å². The van der Waals surface area contributed by atoms with Crippen molar-refractivity contribution < 1.29 is 4.79 Å². The molecule has 0 atom stereocenters.